The SMILES string of the molecule is Cc1cc(C(=O)N2CC3CNCC3C2)c(F)cc1F. The third kappa shape index (κ3) is 2.12. The number of carbonyl (C=O) groups excluding carboxylic acids is 1. The second-order valence-corrected chi connectivity index (χ2v) is 5.47. The lowest BCUT2D eigenvalue weighted by Gasteiger charge is -2.18. The molecule has 2 atom stereocenters. The first-order valence-corrected chi connectivity index (χ1v) is 6.52. The van der Waals surface area contributed by atoms with Crippen LogP contribution in [0.5, 0.6) is 0 Å². The first kappa shape index (κ1) is 12.5. The quantitative estimate of drug-likeness (QED) is 0.836. The number of fused-ring (bicyclic) bond motifs is 1. The van der Waals surface area contributed by atoms with Crippen LogP contribution in [-0.2, 0) is 0 Å². The van der Waals surface area contributed by atoms with Crippen molar-refractivity contribution < 1.29 is 13.6 Å². The molecule has 5 heteroatoms. The van der Waals surface area contributed by atoms with Crippen molar-refractivity contribution in [1.29, 1.82) is 0 Å². The predicted molar refractivity (Wildman–Crippen MR) is 66.8 cm³/mol. The molecule has 0 bridgehead atoms. The van der Waals surface area contributed by atoms with Crippen LogP contribution >= 0.6 is 0 Å². The molecule has 2 aliphatic heterocycles. The number of nitrogens with one attached hydrogen (secondary N) is 1. The molecule has 1 N–H and O–H groups in total. The van der Waals surface area contributed by atoms with Crippen LogP contribution in [0.1, 0.15) is 15.9 Å². The third-order valence-corrected chi connectivity index (χ3v) is 4.16. The van der Waals surface area contributed by atoms with Gasteiger partial charge in [-0.3, -0.25) is 4.79 Å². The van der Waals surface area contributed by atoms with Crippen LogP contribution in [0.4, 0.5) is 8.78 Å². The van der Waals surface area contributed by atoms with Gasteiger partial charge in [-0.05, 0) is 30.4 Å². The van der Waals surface area contributed by atoms with Crippen molar-refractivity contribution in [3.8, 4) is 0 Å². The summed E-state index contributed by atoms with van der Waals surface area (Å²) < 4.78 is 26.9. The summed E-state index contributed by atoms with van der Waals surface area (Å²) in [5.41, 5.74) is 0.276. The fourth-order valence-corrected chi connectivity index (χ4v) is 3.01. The van der Waals surface area contributed by atoms with Gasteiger partial charge in [0.1, 0.15) is 11.6 Å². The topological polar surface area (TPSA) is 32.3 Å². The Labute approximate surface area is 110 Å². The standard InChI is InChI=1S/C14H16F2N2O/c1-8-2-11(13(16)3-12(8)15)14(19)18-6-9-4-17-5-10(9)7-18/h2-3,9-10,17H,4-7H2,1H3. The molecule has 1 aromatic carbocycles. The van der Waals surface area contributed by atoms with Crippen LogP contribution in [0.3, 0.4) is 0 Å². The van der Waals surface area contributed by atoms with Gasteiger partial charge in [-0.15, -0.1) is 0 Å². The summed E-state index contributed by atoms with van der Waals surface area (Å²) in [5.74, 6) is -0.781. The number of rotatable bonds is 1. The molecule has 19 heavy (non-hydrogen) atoms. The van der Waals surface area contributed by atoms with E-state index in [9.17, 15) is 13.6 Å². The molecule has 1 amide bonds. The molecule has 3 rings (SSSR count). The molecule has 2 heterocycles. The van der Waals surface area contributed by atoms with Crippen molar-refractivity contribution in [3.63, 3.8) is 0 Å². The number of benzene rings is 1. The van der Waals surface area contributed by atoms with E-state index in [0.717, 1.165) is 19.2 Å². The van der Waals surface area contributed by atoms with E-state index in [0.29, 0.717) is 30.5 Å². The summed E-state index contributed by atoms with van der Waals surface area (Å²) in [6, 6.07) is 2.10. The number of hydrogen-bond acceptors (Lipinski definition) is 2. The van der Waals surface area contributed by atoms with Gasteiger partial charge in [0, 0.05) is 32.2 Å². The van der Waals surface area contributed by atoms with E-state index in [4.69, 9.17) is 0 Å². The fourth-order valence-electron chi connectivity index (χ4n) is 3.01. The van der Waals surface area contributed by atoms with E-state index in [1.54, 1.807) is 4.90 Å². The van der Waals surface area contributed by atoms with Crippen LogP contribution in [-0.4, -0.2) is 37.0 Å². The highest BCUT2D eigenvalue weighted by atomic mass is 19.1. The van der Waals surface area contributed by atoms with E-state index >= 15 is 0 Å². The Morgan fingerprint density at radius 2 is 1.84 bits per heavy atom. The number of aryl methyl sites for hydroxylation is 1. The Bertz CT molecular complexity index is 520. The van der Waals surface area contributed by atoms with Crippen LogP contribution in [0.15, 0.2) is 12.1 Å². The van der Waals surface area contributed by atoms with Crippen molar-refractivity contribution >= 4 is 5.91 Å². The number of hydrogen-bond donors (Lipinski definition) is 1. The van der Waals surface area contributed by atoms with Crippen molar-refractivity contribution in [3.05, 3.63) is 34.9 Å². The zero-order valence-corrected chi connectivity index (χ0v) is 10.7. The van der Waals surface area contributed by atoms with Crippen molar-refractivity contribution in [2.45, 2.75) is 6.92 Å². The lowest BCUT2D eigenvalue weighted by atomic mass is 10.0. The smallest absolute Gasteiger partial charge is 0.256 e. The Balaban J connectivity index is 1.83. The summed E-state index contributed by atoms with van der Waals surface area (Å²) in [6.07, 6.45) is 0. The zero-order chi connectivity index (χ0) is 13.6. The molecule has 1 aromatic rings. The van der Waals surface area contributed by atoms with E-state index in [1.165, 1.54) is 13.0 Å². The molecule has 0 radical (unpaired) electrons. The number of amides is 1. The molecule has 2 fully saturated rings. The average molecular weight is 266 g/mol. The van der Waals surface area contributed by atoms with E-state index in [1.807, 2.05) is 0 Å². The normalized spacial score (nSPS) is 25.7. The second kappa shape index (κ2) is 4.56. The summed E-state index contributed by atoms with van der Waals surface area (Å²) in [4.78, 5) is 14.0. The Hall–Kier alpha value is -1.49. The highest BCUT2D eigenvalue weighted by Crippen LogP contribution is 2.28. The fraction of sp³-hybridized carbons (Fsp3) is 0.500. The van der Waals surface area contributed by atoms with Crippen LogP contribution in [0.25, 0.3) is 0 Å². The first-order chi connectivity index (χ1) is 9.06. The predicted octanol–water partition coefficient (Wildman–Crippen LogP) is 1.56. The van der Waals surface area contributed by atoms with Gasteiger partial charge in [0.25, 0.3) is 5.91 Å². The Morgan fingerprint density at radius 1 is 1.21 bits per heavy atom. The maximum Gasteiger partial charge on any atom is 0.256 e. The summed E-state index contributed by atoms with van der Waals surface area (Å²) in [6.45, 7) is 4.69. The number of likely N-dealkylation sites (tertiary alicyclic amines) is 1. The Morgan fingerprint density at radius 3 is 2.47 bits per heavy atom. The molecule has 2 unspecified atom stereocenters. The van der Waals surface area contributed by atoms with Crippen molar-refractivity contribution in [1.82, 2.24) is 10.2 Å². The number of nitrogens with zero attached hydrogens (tertiary/aromatic N) is 1. The minimum absolute atomic E-state index is 0.0215. The van der Waals surface area contributed by atoms with Gasteiger partial charge in [-0.1, -0.05) is 0 Å². The van der Waals surface area contributed by atoms with Gasteiger partial charge in [-0.2, -0.15) is 0 Å². The molecule has 3 nitrogen and oxygen atoms in total. The molecule has 102 valence electrons. The van der Waals surface area contributed by atoms with E-state index < -0.39 is 11.6 Å². The minimum Gasteiger partial charge on any atom is -0.338 e. The first-order valence-electron chi connectivity index (χ1n) is 6.52. The van der Waals surface area contributed by atoms with Gasteiger partial charge in [0.05, 0.1) is 5.56 Å². The second-order valence-electron chi connectivity index (χ2n) is 5.47. The summed E-state index contributed by atoms with van der Waals surface area (Å²) >= 11 is 0. The van der Waals surface area contributed by atoms with E-state index in [-0.39, 0.29) is 11.5 Å². The van der Waals surface area contributed by atoms with Gasteiger partial charge in [0.2, 0.25) is 0 Å². The van der Waals surface area contributed by atoms with Gasteiger partial charge < -0.3 is 10.2 Å². The van der Waals surface area contributed by atoms with E-state index in [2.05, 4.69) is 5.32 Å². The average Bonchev–Trinajstić information content (AvgIpc) is 2.93. The largest absolute Gasteiger partial charge is 0.338 e. The lowest BCUT2D eigenvalue weighted by molar-refractivity contribution is 0.0777. The highest BCUT2D eigenvalue weighted by molar-refractivity contribution is 5.95. The molecule has 2 aliphatic rings. The zero-order valence-electron chi connectivity index (χ0n) is 10.7. The van der Waals surface area contributed by atoms with Crippen molar-refractivity contribution in [2.24, 2.45) is 11.8 Å². The molecule has 0 saturated carbocycles. The molecule has 0 spiro atoms. The molecule has 0 aliphatic carbocycles. The molecule has 2 saturated heterocycles. The molecular formula is C14H16F2N2O. The van der Waals surface area contributed by atoms with Gasteiger partial charge in [-0.25, -0.2) is 8.78 Å². The lowest BCUT2D eigenvalue weighted by Crippen LogP contribution is -2.32. The maximum absolute atomic E-state index is 13.7. The molecular weight excluding hydrogens is 250 g/mol. The number of carbonyl (C=O) groups is 1. The number of halogens is 2. The third-order valence-electron chi connectivity index (χ3n) is 4.16. The van der Waals surface area contributed by atoms with Crippen LogP contribution in [0, 0.1) is 30.4 Å². The van der Waals surface area contributed by atoms with Crippen LogP contribution in [0.2, 0.25) is 0 Å². The monoisotopic (exact) mass is 266 g/mol. The maximum atomic E-state index is 13.7. The van der Waals surface area contributed by atoms with Crippen LogP contribution < -0.4 is 5.32 Å². The highest BCUT2D eigenvalue weighted by Gasteiger charge is 2.38. The van der Waals surface area contributed by atoms with Gasteiger partial charge in [0.15, 0.2) is 0 Å². The Kier molecular flexibility index (Phi) is 3.01. The summed E-state index contributed by atoms with van der Waals surface area (Å²) in [7, 11) is 0. The van der Waals surface area contributed by atoms with Crippen molar-refractivity contribution in [2.75, 3.05) is 26.2 Å². The van der Waals surface area contributed by atoms with Gasteiger partial charge >= 0.3 is 0 Å². The molecule has 0 aromatic heterocycles. The summed E-state index contributed by atoms with van der Waals surface area (Å²) in [5, 5.41) is 3.29. The minimum atomic E-state index is -0.775.